The van der Waals surface area contributed by atoms with Crippen molar-refractivity contribution in [3.05, 3.63) is 53.1 Å². The largest absolute Gasteiger partial charge is 0.497 e. The zero-order chi connectivity index (χ0) is 13.0. The molecule has 0 amide bonds. The molecule has 2 rings (SSSR count). The van der Waals surface area contributed by atoms with E-state index in [0.717, 1.165) is 5.75 Å². The first-order valence-corrected chi connectivity index (χ1v) is 5.68. The number of benzene rings is 2. The third kappa shape index (κ3) is 2.63. The molecule has 0 spiro atoms. The Morgan fingerprint density at radius 1 is 1.06 bits per heavy atom. The standard InChI is InChI=1S/C14H11ClO3/c1-17-10-5-7-11(8-6-10)18-14-4-2-3-13(15)12(14)9-16/h2-9H,1H3. The first-order valence-electron chi connectivity index (χ1n) is 5.30. The molecule has 0 heterocycles. The summed E-state index contributed by atoms with van der Waals surface area (Å²) in [5.74, 6) is 1.79. The quantitative estimate of drug-likeness (QED) is 0.783. The van der Waals surface area contributed by atoms with Gasteiger partial charge in [-0.2, -0.15) is 0 Å². The van der Waals surface area contributed by atoms with Crippen LogP contribution in [0.3, 0.4) is 0 Å². The predicted octanol–water partition coefficient (Wildman–Crippen LogP) is 3.95. The Balaban J connectivity index is 2.28. The van der Waals surface area contributed by atoms with Crippen molar-refractivity contribution in [2.75, 3.05) is 7.11 Å². The molecular formula is C14H11ClO3. The lowest BCUT2D eigenvalue weighted by Crippen LogP contribution is -1.91. The van der Waals surface area contributed by atoms with Crippen LogP contribution in [-0.2, 0) is 0 Å². The van der Waals surface area contributed by atoms with Crippen LogP contribution < -0.4 is 9.47 Å². The van der Waals surface area contributed by atoms with Crippen LogP contribution in [0.4, 0.5) is 0 Å². The summed E-state index contributed by atoms with van der Waals surface area (Å²) >= 11 is 5.91. The van der Waals surface area contributed by atoms with Crippen LogP contribution in [0, 0.1) is 0 Å². The average molecular weight is 263 g/mol. The predicted molar refractivity (Wildman–Crippen MR) is 69.9 cm³/mol. The second kappa shape index (κ2) is 5.56. The molecule has 0 bridgehead atoms. The van der Waals surface area contributed by atoms with Crippen LogP contribution >= 0.6 is 11.6 Å². The molecule has 2 aromatic carbocycles. The van der Waals surface area contributed by atoms with Crippen molar-refractivity contribution in [1.29, 1.82) is 0 Å². The van der Waals surface area contributed by atoms with E-state index < -0.39 is 0 Å². The Morgan fingerprint density at radius 3 is 2.33 bits per heavy atom. The van der Waals surface area contributed by atoms with Crippen molar-refractivity contribution in [1.82, 2.24) is 0 Å². The molecule has 0 aliphatic rings. The topological polar surface area (TPSA) is 35.5 Å². The van der Waals surface area contributed by atoms with E-state index in [2.05, 4.69) is 0 Å². The zero-order valence-corrected chi connectivity index (χ0v) is 10.5. The van der Waals surface area contributed by atoms with E-state index >= 15 is 0 Å². The highest BCUT2D eigenvalue weighted by Gasteiger charge is 2.08. The van der Waals surface area contributed by atoms with Gasteiger partial charge in [0.1, 0.15) is 17.2 Å². The van der Waals surface area contributed by atoms with Gasteiger partial charge in [0.15, 0.2) is 6.29 Å². The molecule has 4 heteroatoms. The van der Waals surface area contributed by atoms with Gasteiger partial charge in [0.25, 0.3) is 0 Å². The Morgan fingerprint density at radius 2 is 1.72 bits per heavy atom. The number of carbonyl (C=O) groups excluding carboxylic acids is 1. The molecular weight excluding hydrogens is 252 g/mol. The van der Waals surface area contributed by atoms with Crippen LogP contribution in [0.1, 0.15) is 10.4 Å². The molecule has 0 aliphatic heterocycles. The van der Waals surface area contributed by atoms with Crippen LogP contribution in [0.2, 0.25) is 5.02 Å². The van der Waals surface area contributed by atoms with Gasteiger partial charge in [0, 0.05) is 0 Å². The summed E-state index contributed by atoms with van der Waals surface area (Å²) in [6.07, 6.45) is 0.682. The summed E-state index contributed by atoms with van der Waals surface area (Å²) in [7, 11) is 1.59. The average Bonchev–Trinajstić information content (AvgIpc) is 2.40. The molecule has 18 heavy (non-hydrogen) atoms. The first-order chi connectivity index (χ1) is 8.74. The molecule has 0 unspecified atom stereocenters. The molecule has 0 saturated carbocycles. The Bertz CT molecular complexity index is 549. The molecule has 0 N–H and O–H groups in total. The number of methoxy groups -OCH3 is 1. The number of rotatable bonds is 4. The smallest absolute Gasteiger partial charge is 0.155 e. The highest BCUT2D eigenvalue weighted by Crippen LogP contribution is 2.29. The van der Waals surface area contributed by atoms with Crippen LogP contribution in [-0.4, -0.2) is 13.4 Å². The molecule has 0 aromatic heterocycles. The number of carbonyl (C=O) groups is 1. The van der Waals surface area contributed by atoms with Crippen LogP contribution in [0.25, 0.3) is 0 Å². The van der Waals surface area contributed by atoms with E-state index in [1.807, 2.05) is 0 Å². The molecule has 0 aliphatic carbocycles. The molecule has 92 valence electrons. The minimum atomic E-state index is 0.343. The van der Waals surface area contributed by atoms with Crippen molar-refractivity contribution in [2.24, 2.45) is 0 Å². The van der Waals surface area contributed by atoms with Gasteiger partial charge < -0.3 is 9.47 Å². The third-order valence-corrected chi connectivity index (χ3v) is 2.75. The highest BCUT2D eigenvalue weighted by molar-refractivity contribution is 6.33. The SMILES string of the molecule is COc1ccc(Oc2cccc(Cl)c2C=O)cc1. The van der Waals surface area contributed by atoms with E-state index in [9.17, 15) is 4.79 Å². The number of halogens is 1. The summed E-state index contributed by atoms with van der Waals surface area (Å²) in [5.41, 5.74) is 0.343. The Labute approximate surface area is 110 Å². The number of ether oxygens (including phenoxy) is 2. The third-order valence-electron chi connectivity index (χ3n) is 2.42. The summed E-state index contributed by atoms with van der Waals surface area (Å²) < 4.78 is 10.7. The summed E-state index contributed by atoms with van der Waals surface area (Å²) in [4.78, 5) is 11.0. The number of hydrogen-bond donors (Lipinski definition) is 0. The van der Waals surface area contributed by atoms with E-state index in [4.69, 9.17) is 21.1 Å². The summed E-state index contributed by atoms with van der Waals surface area (Å²) in [5, 5.41) is 0.371. The van der Waals surface area contributed by atoms with Crippen molar-refractivity contribution < 1.29 is 14.3 Å². The van der Waals surface area contributed by atoms with Crippen LogP contribution in [0.15, 0.2) is 42.5 Å². The lowest BCUT2D eigenvalue weighted by atomic mass is 10.2. The van der Waals surface area contributed by atoms with Gasteiger partial charge in [-0.05, 0) is 36.4 Å². The maximum atomic E-state index is 11.0. The Kier molecular flexibility index (Phi) is 3.85. The van der Waals surface area contributed by atoms with Gasteiger partial charge in [-0.15, -0.1) is 0 Å². The fourth-order valence-corrected chi connectivity index (χ4v) is 1.70. The maximum absolute atomic E-state index is 11.0. The zero-order valence-electron chi connectivity index (χ0n) is 9.72. The second-order valence-electron chi connectivity index (χ2n) is 3.55. The number of hydrogen-bond acceptors (Lipinski definition) is 3. The van der Waals surface area contributed by atoms with Crippen molar-refractivity contribution in [2.45, 2.75) is 0 Å². The van der Waals surface area contributed by atoms with E-state index in [1.54, 1.807) is 49.6 Å². The highest BCUT2D eigenvalue weighted by atomic mass is 35.5. The first kappa shape index (κ1) is 12.5. The molecule has 0 saturated heterocycles. The summed E-state index contributed by atoms with van der Waals surface area (Å²) in [6, 6.07) is 12.1. The van der Waals surface area contributed by atoms with Gasteiger partial charge in [-0.3, -0.25) is 4.79 Å². The molecule has 3 nitrogen and oxygen atoms in total. The van der Waals surface area contributed by atoms with Gasteiger partial charge in [0.2, 0.25) is 0 Å². The Hall–Kier alpha value is -2.00. The fraction of sp³-hybridized carbons (Fsp3) is 0.0714. The maximum Gasteiger partial charge on any atom is 0.155 e. The van der Waals surface area contributed by atoms with Crippen LogP contribution in [0.5, 0.6) is 17.2 Å². The van der Waals surface area contributed by atoms with E-state index in [-0.39, 0.29) is 0 Å². The molecule has 2 aromatic rings. The van der Waals surface area contributed by atoms with Crippen molar-refractivity contribution >= 4 is 17.9 Å². The minimum absolute atomic E-state index is 0.343. The van der Waals surface area contributed by atoms with Gasteiger partial charge in [0.05, 0.1) is 17.7 Å². The van der Waals surface area contributed by atoms with E-state index in [0.29, 0.717) is 28.4 Å². The lowest BCUT2D eigenvalue weighted by molar-refractivity contribution is 0.112. The normalized spacial score (nSPS) is 9.89. The molecule has 0 fully saturated rings. The van der Waals surface area contributed by atoms with Gasteiger partial charge in [-0.1, -0.05) is 17.7 Å². The molecule has 0 radical (unpaired) electrons. The summed E-state index contributed by atoms with van der Waals surface area (Å²) in [6.45, 7) is 0. The van der Waals surface area contributed by atoms with Gasteiger partial charge >= 0.3 is 0 Å². The lowest BCUT2D eigenvalue weighted by Gasteiger charge is -2.09. The van der Waals surface area contributed by atoms with E-state index in [1.165, 1.54) is 0 Å². The van der Waals surface area contributed by atoms with Crippen molar-refractivity contribution in [3.8, 4) is 17.2 Å². The van der Waals surface area contributed by atoms with Gasteiger partial charge in [-0.25, -0.2) is 0 Å². The number of aldehydes is 1. The van der Waals surface area contributed by atoms with Crippen molar-refractivity contribution in [3.63, 3.8) is 0 Å². The second-order valence-corrected chi connectivity index (χ2v) is 3.95. The monoisotopic (exact) mass is 262 g/mol. The minimum Gasteiger partial charge on any atom is -0.497 e. The fourth-order valence-electron chi connectivity index (χ4n) is 1.49. The molecule has 0 atom stereocenters.